The fraction of sp³-hybridized carbons (Fsp3) is 0.0952. The summed E-state index contributed by atoms with van der Waals surface area (Å²) in [5, 5.41) is 2.31. The number of hydrogen-bond acceptors (Lipinski definition) is 3. The van der Waals surface area contributed by atoms with Gasteiger partial charge in [0.2, 0.25) is 0 Å². The highest BCUT2D eigenvalue weighted by Gasteiger charge is 2.21. The first-order valence-corrected chi connectivity index (χ1v) is 10.6. The molecule has 0 atom stereocenters. The van der Waals surface area contributed by atoms with Gasteiger partial charge in [0.1, 0.15) is 4.90 Å². The minimum Gasteiger partial charge on any atom is -0.322 e. The van der Waals surface area contributed by atoms with Gasteiger partial charge in [0.25, 0.3) is 15.9 Å². The van der Waals surface area contributed by atoms with Gasteiger partial charge in [0.05, 0.1) is 5.02 Å². The number of rotatable bonds is 5. The number of hydrogen-bond donors (Lipinski definition) is 2. The summed E-state index contributed by atoms with van der Waals surface area (Å²) in [4.78, 5) is 12.2. The summed E-state index contributed by atoms with van der Waals surface area (Å²) < 4.78 is 54.5. The maximum Gasteiger partial charge on any atom is 0.263 e. The summed E-state index contributed by atoms with van der Waals surface area (Å²) in [6.07, 6.45) is 0. The molecule has 3 aromatic carbocycles. The van der Waals surface area contributed by atoms with Crippen LogP contribution < -0.4 is 10.0 Å². The van der Waals surface area contributed by atoms with Crippen molar-refractivity contribution in [3.05, 3.63) is 87.9 Å². The van der Waals surface area contributed by atoms with E-state index in [0.717, 1.165) is 29.3 Å². The fourth-order valence-corrected chi connectivity index (χ4v) is 4.44. The third-order valence-corrected chi connectivity index (χ3v) is 6.00. The molecule has 9 heteroatoms. The molecule has 0 bridgehead atoms. The number of benzene rings is 3. The fourth-order valence-electron chi connectivity index (χ4n) is 2.87. The number of carbonyl (C=O) groups is 1. The van der Waals surface area contributed by atoms with E-state index >= 15 is 0 Å². The van der Waals surface area contributed by atoms with Gasteiger partial charge in [-0.1, -0.05) is 17.7 Å². The predicted molar refractivity (Wildman–Crippen MR) is 112 cm³/mol. The van der Waals surface area contributed by atoms with Crippen LogP contribution in [0.1, 0.15) is 21.5 Å². The Morgan fingerprint density at radius 3 is 2.17 bits per heavy atom. The van der Waals surface area contributed by atoms with Crippen molar-refractivity contribution in [3.63, 3.8) is 0 Å². The molecule has 0 aliphatic heterocycles. The van der Waals surface area contributed by atoms with Crippen LogP contribution in [0.3, 0.4) is 0 Å². The van der Waals surface area contributed by atoms with E-state index in [1.54, 1.807) is 12.1 Å². The number of nitrogens with one attached hydrogen (secondary N) is 2. The maximum atomic E-state index is 13.3. The van der Waals surface area contributed by atoms with Crippen LogP contribution in [-0.2, 0) is 10.0 Å². The van der Waals surface area contributed by atoms with Gasteiger partial charge in [-0.15, -0.1) is 0 Å². The van der Waals surface area contributed by atoms with Crippen molar-refractivity contribution in [2.24, 2.45) is 0 Å². The molecule has 0 spiro atoms. The molecular formula is C21H17ClF2N2O3S. The highest BCUT2D eigenvalue weighted by Crippen LogP contribution is 2.26. The maximum absolute atomic E-state index is 13.3. The van der Waals surface area contributed by atoms with Crippen molar-refractivity contribution >= 4 is 38.9 Å². The molecular weight excluding hydrogens is 434 g/mol. The Morgan fingerprint density at radius 2 is 1.53 bits per heavy atom. The molecule has 30 heavy (non-hydrogen) atoms. The number of carbonyl (C=O) groups excluding carboxylic acids is 1. The SMILES string of the molecule is Cc1cc(C)cc(NS(=O)(=O)c2cc(C(=O)Nc3ccc(F)c(F)c3)ccc2Cl)c1. The lowest BCUT2D eigenvalue weighted by molar-refractivity contribution is 0.102. The Kier molecular flexibility index (Phi) is 6.09. The van der Waals surface area contributed by atoms with E-state index in [1.807, 2.05) is 19.9 Å². The molecule has 0 saturated heterocycles. The highest BCUT2D eigenvalue weighted by atomic mass is 35.5. The normalized spacial score (nSPS) is 11.2. The molecule has 0 fully saturated rings. The topological polar surface area (TPSA) is 75.3 Å². The zero-order chi connectivity index (χ0) is 22.1. The van der Waals surface area contributed by atoms with Crippen LogP contribution >= 0.6 is 11.6 Å². The minimum absolute atomic E-state index is 0.0200. The number of anilines is 2. The summed E-state index contributed by atoms with van der Waals surface area (Å²) in [6.45, 7) is 3.67. The van der Waals surface area contributed by atoms with E-state index in [1.165, 1.54) is 18.2 Å². The van der Waals surface area contributed by atoms with Gasteiger partial charge < -0.3 is 5.32 Å². The van der Waals surface area contributed by atoms with Gasteiger partial charge in [-0.25, -0.2) is 17.2 Å². The lowest BCUT2D eigenvalue weighted by atomic mass is 10.1. The van der Waals surface area contributed by atoms with Crippen molar-refractivity contribution in [1.82, 2.24) is 0 Å². The van der Waals surface area contributed by atoms with E-state index < -0.39 is 27.6 Å². The summed E-state index contributed by atoms with van der Waals surface area (Å²) in [5.74, 6) is -2.88. The Balaban J connectivity index is 1.89. The third-order valence-electron chi connectivity index (χ3n) is 4.13. The summed E-state index contributed by atoms with van der Waals surface area (Å²) >= 11 is 6.07. The summed E-state index contributed by atoms with van der Waals surface area (Å²) in [5.41, 5.74) is 2.11. The van der Waals surface area contributed by atoms with E-state index in [9.17, 15) is 22.0 Å². The molecule has 2 N–H and O–H groups in total. The van der Waals surface area contributed by atoms with Crippen molar-refractivity contribution < 1.29 is 22.0 Å². The zero-order valence-electron chi connectivity index (χ0n) is 16.0. The largest absolute Gasteiger partial charge is 0.322 e. The van der Waals surface area contributed by atoms with Gasteiger partial charge in [0.15, 0.2) is 11.6 Å². The molecule has 0 aliphatic rings. The van der Waals surface area contributed by atoms with Crippen LogP contribution in [0.2, 0.25) is 5.02 Å². The number of amides is 1. The van der Waals surface area contributed by atoms with Crippen molar-refractivity contribution in [2.45, 2.75) is 18.7 Å². The van der Waals surface area contributed by atoms with Crippen molar-refractivity contribution in [2.75, 3.05) is 10.0 Å². The predicted octanol–water partition coefficient (Wildman–Crippen LogP) is 5.29. The number of sulfonamides is 1. The standard InChI is InChI=1S/C21H17ClF2N2O3S/c1-12-7-13(2)9-16(8-12)26-30(28,29)20-10-14(3-5-17(20)22)21(27)25-15-4-6-18(23)19(24)11-15/h3-11,26H,1-2H3,(H,25,27). The van der Waals surface area contributed by atoms with Crippen molar-refractivity contribution in [1.29, 1.82) is 0 Å². The number of aryl methyl sites for hydroxylation is 2. The lowest BCUT2D eigenvalue weighted by Gasteiger charge is -2.12. The van der Waals surface area contributed by atoms with E-state index in [4.69, 9.17) is 11.6 Å². The molecule has 0 saturated carbocycles. The second kappa shape index (κ2) is 8.41. The van der Waals surface area contributed by atoms with E-state index in [-0.39, 0.29) is 21.2 Å². The first kappa shape index (κ1) is 21.7. The summed E-state index contributed by atoms with van der Waals surface area (Å²) in [7, 11) is -4.09. The van der Waals surface area contributed by atoms with Crippen molar-refractivity contribution in [3.8, 4) is 0 Å². The molecule has 5 nitrogen and oxygen atoms in total. The molecule has 0 aliphatic carbocycles. The molecule has 0 aromatic heterocycles. The second-order valence-corrected chi connectivity index (χ2v) is 8.77. The number of halogens is 3. The van der Waals surface area contributed by atoms with Gasteiger partial charge in [-0.2, -0.15) is 0 Å². The van der Waals surface area contributed by atoms with Gasteiger partial charge in [-0.3, -0.25) is 9.52 Å². The average Bonchev–Trinajstić information content (AvgIpc) is 2.63. The van der Waals surface area contributed by atoms with Crippen LogP contribution in [0.25, 0.3) is 0 Å². The zero-order valence-corrected chi connectivity index (χ0v) is 17.5. The molecule has 3 aromatic rings. The lowest BCUT2D eigenvalue weighted by Crippen LogP contribution is -2.16. The van der Waals surface area contributed by atoms with E-state index in [2.05, 4.69) is 10.0 Å². The Hall–Kier alpha value is -2.97. The molecule has 0 radical (unpaired) electrons. The summed E-state index contributed by atoms with van der Waals surface area (Å²) in [6, 6.07) is 11.8. The molecule has 156 valence electrons. The Morgan fingerprint density at radius 1 is 0.867 bits per heavy atom. The molecule has 0 unspecified atom stereocenters. The quantitative estimate of drug-likeness (QED) is 0.554. The minimum atomic E-state index is -4.09. The van der Waals surface area contributed by atoms with Gasteiger partial charge in [0, 0.05) is 23.0 Å². The molecule has 1 amide bonds. The van der Waals surface area contributed by atoms with Crippen LogP contribution in [0, 0.1) is 25.5 Å². The first-order valence-electron chi connectivity index (χ1n) is 8.72. The van der Waals surface area contributed by atoms with Crippen LogP contribution in [0.15, 0.2) is 59.5 Å². The Bertz CT molecular complexity index is 1230. The Labute approximate surface area is 177 Å². The first-order chi connectivity index (χ1) is 14.0. The van der Waals surface area contributed by atoms with Crippen LogP contribution in [0.5, 0.6) is 0 Å². The molecule has 3 rings (SSSR count). The third kappa shape index (κ3) is 4.95. The van der Waals surface area contributed by atoms with Crippen LogP contribution in [0.4, 0.5) is 20.2 Å². The highest BCUT2D eigenvalue weighted by molar-refractivity contribution is 7.92. The second-order valence-electron chi connectivity index (χ2n) is 6.71. The monoisotopic (exact) mass is 450 g/mol. The van der Waals surface area contributed by atoms with Crippen LogP contribution in [-0.4, -0.2) is 14.3 Å². The average molecular weight is 451 g/mol. The smallest absolute Gasteiger partial charge is 0.263 e. The van der Waals surface area contributed by atoms with Gasteiger partial charge in [-0.05, 0) is 67.4 Å². The van der Waals surface area contributed by atoms with Gasteiger partial charge >= 0.3 is 0 Å². The van der Waals surface area contributed by atoms with E-state index in [0.29, 0.717) is 5.69 Å². The molecule has 0 heterocycles.